The third-order valence-corrected chi connectivity index (χ3v) is 7.67. The smallest absolute Gasteiger partial charge is 0.161 e. The summed E-state index contributed by atoms with van der Waals surface area (Å²) < 4.78 is 11.0. The van der Waals surface area contributed by atoms with Crippen LogP contribution in [0.5, 0.6) is 11.5 Å². The van der Waals surface area contributed by atoms with Gasteiger partial charge < -0.3 is 14.8 Å². The fraction of sp³-hybridized carbons (Fsp3) is 0.0645. The molecule has 0 aliphatic carbocycles. The first-order chi connectivity index (χ1) is 19.1. The Hall–Kier alpha value is -4.33. The van der Waals surface area contributed by atoms with Crippen molar-refractivity contribution in [3.63, 3.8) is 0 Å². The van der Waals surface area contributed by atoms with Gasteiger partial charge >= 0.3 is 0 Å². The third-order valence-electron chi connectivity index (χ3n) is 6.35. The molecular formula is C31H23ClN4O2S. The Morgan fingerprint density at radius 1 is 0.795 bits per heavy atom. The molecule has 0 spiro atoms. The maximum Gasteiger partial charge on any atom is 0.161 e. The second-order valence-electron chi connectivity index (χ2n) is 8.73. The number of methoxy groups -OCH3 is 2. The van der Waals surface area contributed by atoms with Gasteiger partial charge in [0, 0.05) is 55.2 Å². The van der Waals surface area contributed by atoms with Crippen LogP contribution in [0.4, 0.5) is 11.5 Å². The lowest BCUT2D eigenvalue weighted by Crippen LogP contribution is -1.99. The predicted molar refractivity (Wildman–Crippen MR) is 159 cm³/mol. The van der Waals surface area contributed by atoms with Crippen LogP contribution in [0.15, 0.2) is 107 Å². The maximum absolute atomic E-state index is 6.08. The monoisotopic (exact) mass is 550 g/mol. The minimum Gasteiger partial charge on any atom is -0.497 e. The molecule has 0 radical (unpaired) electrons. The fourth-order valence-electron chi connectivity index (χ4n) is 4.45. The lowest BCUT2D eigenvalue weighted by atomic mass is 10.0. The number of rotatable bonds is 7. The van der Waals surface area contributed by atoms with Crippen molar-refractivity contribution in [3.05, 3.63) is 102 Å². The van der Waals surface area contributed by atoms with Crippen LogP contribution in [-0.4, -0.2) is 29.4 Å². The molecule has 192 valence electrons. The summed E-state index contributed by atoms with van der Waals surface area (Å²) in [4.78, 5) is 6.65. The zero-order chi connectivity index (χ0) is 26.8. The molecule has 0 unspecified atom stereocenters. The highest BCUT2D eigenvalue weighted by Gasteiger charge is 2.14. The van der Waals surface area contributed by atoms with E-state index in [1.54, 1.807) is 32.2 Å². The van der Waals surface area contributed by atoms with Crippen LogP contribution in [0.25, 0.3) is 32.9 Å². The van der Waals surface area contributed by atoms with Crippen LogP contribution in [0, 0.1) is 0 Å². The second kappa shape index (κ2) is 10.8. The Balaban J connectivity index is 1.28. The molecular weight excluding hydrogens is 528 g/mol. The molecule has 6 nitrogen and oxygen atoms in total. The topological polar surface area (TPSA) is 69.2 Å². The van der Waals surface area contributed by atoms with Crippen LogP contribution >= 0.6 is 23.4 Å². The summed E-state index contributed by atoms with van der Waals surface area (Å²) in [5.41, 5.74) is 3.52. The number of aromatic nitrogens is 3. The van der Waals surface area contributed by atoms with Gasteiger partial charge in [0.15, 0.2) is 5.82 Å². The summed E-state index contributed by atoms with van der Waals surface area (Å²) in [5.74, 6) is 2.13. The Morgan fingerprint density at radius 3 is 2.31 bits per heavy atom. The van der Waals surface area contributed by atoms with Crippen LogP contribution < -0.4 is 14.8 Å². The van der Waals surface area contributed by atoms with E-state index in [-0.39, 0.29) is 0 Å². The Morgan fingerprint density at radius 2 is 1.56 bits per heavy atom. The average molecular weight is 551 g/mol. The normalized spacial score (nSPS) is 11.1. The molecule has 6 rings (SSSR count). The van der Waals surface area contributed by atoms with Crippen molar-refractivity contribution in [1.29, 1.82) is 0 Å². The number of benzene rings is 4. The Labute approximate surface area is 235 Å². The number of fused-ring (bicyclic) bond motifs is 2. The zero-order valence-corrected chi connectivity index (χ0v) is 22.8. The van der Waals surface area contributed by atoms with Gasteiger partial charge in [-0.15, -0.1) is 10.2 Å². The summed E-state index contributed by atoms with van der Waals surface area (Å²) in [6.45, 7) is 0. The minimum atomic E-state index is 0.687. The van der Waals surface area contributed by atoms with Crippen molar-refractivity contribution >= 4 is 56.5 Å². The van der Waals surface area contributed by atoms with E-state index in [0.29, 0.717) is 16.6 Å². The number of halogens is 1. The van der Waals surface area contributed by atoms with E-state index in [1.165, 1.54) is 0 Å². The first-order valence-corrected chi connectivity index (χ1v) is 13.4. The molecule has 0 saturated heterocycles. The average Bonchev–Trinajstić information content (AvgIpc) is 2.98. The number of hydrogen-bond acceptors (Lipinski definition) is 7. The maximum atomic E-state index is 6.08. The molecule has 39 heavy (non-hydrogen) atoms. The number of nitrogens with zero attached hydrogens (tertiary/aromatic N) is 3. The van der Waals surface area contributed by atoms with Crippen molar-refractivity contribution in [3.8, 4) is 22.8 Å². The Bertz CT molecular complexity index is 1790. The number of hydrogen-bond donors (Lipinski definition) is 1. The van der Waals surface area contributed by atoms with Crippen LogP contribution in [0.1, 0.15) is 0 Å². The van der Waals surface area contributed by atoms with E-state index < -0.39 is 0 Å². The molecule has 6 aromatic rings. The van der Waals surface area contributed by atoms with Crippen LogP contribution in [-0.2, 0) is 0 Å². The highest BCUT2D eigenvalue weighted by Crippen LogP contribution is 2.40. The first kappa shape index (κ1) is 25.0. The molecule has 0 saturated carbocycles. The van der Waals surface area contributed by atoms with Gasteiger partial charge in [0.05, 0.1) is 25.1 Å². The molecule has 0 amide bonds. The van der Waals surface area contributed by atoms with Crippen LogP contribution in [0.2, 0.25) is 5.02 Å². The largest absolute Gasteiger partial charge is 0.497 e. The van der Waals surface area contributed by atoms with E-state index in [1.807, 2.05) is 72.8 Å². The predicted octanol–water partition coefficient (Wildman–Crippen LogP) is 8.41. The molecule has 0 fully saturated rings. The van der Waals surface area contributed by atoms with Gasteiger partial charge in [-0.05, 0) is 42.5 Å². The summed E-state index contributed by atoms with van der Waals surface area (Å²) in [6.07, 6.45) is 1.80. The van der Waals surface area contributed by atoms with Crippen molar-refractivity contribution < 1.29 is 9.47 Å². The lowest BCUT2D eigenvalue weighted by Gasteiger charge is -2.13. The van der Waals surface area contributed by atoms with Gasteiger partial charge in [-0.25, -0.2) is 0 Å². The van der Waals surface area contributed by atoms with Gasteiger partial charge in [0.2, 0.25) is 0 Å². The van der Waals surface area contributed by atoms with Crippen molar-refractivity contribution in [2.24, 2.45) is 0 Å². The van der Waals surface area contributed by atoms with E-state index >= 15 is 0 Å². The van der Waals surface area contributed by atoms with Crippen molar-refractivity contribution in [1.82, 2.24) is 15.2 Å². The molecule has 0 atom stereocenters. The molecule has 1 N–H and O–H groups in total. The molecule has 0 aliphatic rings. The van der Waals surface area contributed by atoms with Gasteiger partial charge in [-0.3, -0.25) is 4.98 Å². The zero-order valence-electron chi connectivity index (χ0n) is 21.2. The molecule has 4 aromatic carbocycles. The number of pyridine rings is 1. The highest BCUT2D eigenvalue weighted by atomic mass is 35.5. The summed E-state index contributed by atoms with van der Waals surface area (Å²) in [6, 6.07) is 29.8. The minimum absolute atomic E-state index is 0.687. The van der Waals surface area contributed by atoms with Gasteiger partial charge in [-0.2, -0.15) is 0 Å². The van der Waals surface area contributed by atoms with Crippen molar-refractivity contribution in [2.45, 2.75) is 9.79 Å². The van der Waals surface area contributed by atoms with E-state index in [2.05, 4.69) is 38.7 Å². The number of nitrogens with one attached hydrogen (secondary N) is 1. The van der Waals surface area contributed by atoms with E-state index in [0.717, 1.165) is 54.2 Å². The molecule has 0 aliphatic heterocycles. The van der Waals surface area contributed by atoms with E-state index in [4.69, 9.17) is 21.1 Å². The molecule has 8 heteroatoms. The number of ether oxygens (including phenoxy) is 2. The van der Waals surface area contributed by atoms with Crippen molar-refractivity contribution in [2.75, 3.05) is 19.5 Å². The van der Waals surface area contributed by atoms with Gasteiger partial charge in [0.25, 0.3) is 0 Å². The first-order valence-electron chi connectivity index (χ1n) is 12.2. The van der Waals surface area contributed by atoms with Gasteiger partial charge in [0.1, 0.15) is 17.2 Å². The highest BCUT2D eigenvalue weighted by molar-refractivity contribution is 7.99. The Kier molecular flexibility index (Phi) is 6.92. The summed E-state index contributed by atoms with van der Waals surface area (Å²) >= 11 is 7.73. The fourth-order valence-corrected chi connectivity index (χ4v) is 5.53. The third kappa shape index (κ3) is 5.06. The quantitative estimate of drug-likeness (QED) is 0.214. The molecule has 0 bridgehead atoms. The SMILES string of the molecule is COc1cc(OC)c2c(Sc3ccc(Nc4nnc(-c5ccc(Cl)cc5)c5ccccc45)cc3)ccnc2c1. The van der Waals surface area contributed by atoms with E-state index in [9.17, 15) is 0 Å². The second-order valence-corrected chi connectivity index (χ2v) is 10.3. The molecule has 2 heterocycles. The van der Waals surface area contributed by atoms with Gasteiger partial charge in [-0.1, -0.05) is 59.8 Å². The molecule has 2 aromatic heterocycles. The number of anilines is 2. The lowest BCUT2D eigenvalue weighted by molar-refractivity contribution is 0.397. The van der Waals surface area contributed by atoms with Crippen LogP contribution in [0.3, 0.4) is 0 Å². The summed E-state index contributed by atoms with van der Waals surface area (Å²) in [5, 5.41) is 16.2. The summed E-state index contributed by atoms with van der Waals surface area (Å²) in [7, 11) is 3.29. The standard InChI is InChI=1S/C31H23ClN4O2S/c1-37-22-17-26-29(27(18-22)38-2)28(15-16-33-26)39-23-13-11-21(12-14-23)34-31-25-6-4-3-5-24(25)30(35-36-31)19-7-9-20(32)10-8-19/h3-18H,1-2H3,(H,34,36).